The summed E-state index contributed by atoms with van der Waals surface area (Å²) < 4.78 is 0. The lowest BCUT2D eigenvalue weighted by molar-refractivity contribution is 0.112. The SMILES string of the molecule is Cc1cc(C=O)cnc1N(CC1CC1)CC1CC1. The fourth-order valence-electron chi connectivity index (χ4n) is 2.46. The van der Waals surface area contributed by atoms with E-state index in [4.69, 9.17) is 0 Å². The van der Waals surface area contributed by atoms with Crippen LogP contribution >= 0.6 is 0 Å². The van der Waals surface area contributed by atoms with Crippen LogP contribution in [-0.4, -0.2) is 24.4 Å². The quantitative estimate of drug-likeness (QED) is 0.721. The van der Waals surface area contributed by atoms with Crippen LogP contribution in [0, 0.1) is 18.8 Å². The van der Waals surface area contributed by atoms with E-state index < -0.39 is 0 Å². The summed E-state index contributed by atoms with van der Waals surface area (Å²) in [5.74, 6) is 2.82. The zero-order chi connectivity index (χ0) is 12.5. The van der Waals surface area contributed by atoms with Crippen LogP contribution < -0.4 is 4.90 Å². The molecule has 0 radical (unpaired) electrons. The van der Waals surface area contributed by atoms with Crippen molar-refractivity contribution in [1.82, 2.24) is 4.98 Å². The number of hydrogen-bond acceptors (Lipinski definition) is 3. The predicted octanol–water partition coefficient (Wildman–Crippen LogP) is 2.83. The van der Waals surface area contributed by atoms with Crippen LogP contribution in [0.25, 0.3) is 0 Å². The molecule has 2 aliphatic rings. The van der Waals surface area contributed by atoms with E-state index in [1.807, 2.05) is 6.07 Å². The lowest BCUT2D eigenvalue weighted by Crippen LogP contribution is -2.29. The Hall–Kier alpha value is -1.38. The van der Waals surface area contributed by atoms with E-state index in [0.717, 1.165) is 42.6 Å². The maximum atomic E-state index is 10.8. The number of aromatic nitrogens is 1. The van der Waals surface area contributed by atoms with Gasteiger partial charge in [-0.25, -0.2) is 4.98 Å². The molecule has 1 heterocycles. The van der Waals surface area contributed by atoms with Crippen molar-refractivity contribution in [3.05, 3.63) is 23.4 Å². The average molecular weight is 244 g/mol. The van der Waals surface area contributed by atoms with Crippen molar-refractivity contribution in [3.8, 4) is 0 Å². The topological polar surface area (TPSA) is 33.2 Å². The zero-order valence-corrected chi connectivity index (χ0v) is 10.9. The van der Waals surface area contributed by atoms with Crippen molar-refractivity contribution in [2.24, 2.45) is 11.8 Å². The highest BCUT2D eigenvalue weighted by atomic mass is 16.1. The number of anilines is 1. The molecule has 1 aromatic rings. The Morgan fingerprint density at radius 1 is 1.28 bits per heavy atom. The van der Waals surface area contributed by atoms with Crippen molar-refractivity contribution in [3.63, 3.8) is 0 Å². The summed E-state index contributed by atoms with van der Waals surface area (Å²) in [4.78, 5) is 17.7. The fraction of sp³-hybridized carbons (Fsp3) is 0.600. The summed E-state index contributed by atoms with van der Waals surface area (Å²) in [7, 11) is 0. The molecule has 0 unspecified atom stereocenters. The lowest BCUT2D eigenvalue weighted by atomic mass is 10.2. The average Bonchev–Trinajstić information content (AvgIpc) is 3.23. The van der Waals surface area contributed by atoms with E-state index in [0.29, 0.717) is 5.56 Å². The summed E-state index contributed by atoms with van der Waals surface area (Å²) in [5.41, 5.74) is 1.80. The van der Waals surface area contributed by atoms with Crippen LogP contribution in [0.1, 0.15) is 41.6 Å². The lowest BCUT2D eigenvalue weighted by Gasteiger charge is -2.25. The van der Waals surface area contributed by atoms with Gasteiger partial charge in [0.2, 0.25) is 0 Å². The Balaban J connectivity index is 1.79. The van der Waals surface area contributed by atoms with Gasteiger partial charge in [-0.15, -0.1) is 0 Å². The van der Waals surface area contributed by atoms with Gasteiger partial charge in [-0.1, -0.05) is 0 Å². The van der Waals surface area contributed by atoms with Crippen LogP contribution in [0.2, 0.25) is 0 Å². The maximum absolute atomic E-state index is 10.8. The highest BCUT2D eigenvalue weighted by molar-refractivity contribution is 5.75. The second kappa shape index (κ2) is 4.71. The molecule has 2 saturated carbocycles. The molecule has 1 aromatic heterocycles. The van der Waals surface area contributed by atoms with Crippen LogP contribution in [-0.2, 0) is 0 Å². The predicted molar refractivity (Wildman–Crippen MR) is 72.0 cm³/mol. The van der Waals surface area contributed by atoms with Crippen molar-refractivity contribution >= 4 is 12.1 Å². The van der Waals surface area contributed by atoms with Gasteiger partial charge in [-0.2, -0.15) is 0 Å². The minimum atomic E-state index is 0.675. The Kier molecular flexibility index (Phi) is 3.06. The molecule has 0 atom stereocenters. The number of carbonyl (C=O) groups excluding carboxylic acids is 1. The molecule has 0 aliphatic heterocycles. The van der Waals surface area contributed by atoms with Gasteiger partial charge in [-0.3, -0.25) is 4.79 Å². The molecule has 2 fully saturated rings. The van der Waals surface area contributed by atoms with Crippen molar-refractivity contribution in [1.29, 1.82) is 0 Å². The maximum Gasteiger partial charge on any atom is 0.151 e. The Morgan fingerprint density at radius 2 is 1.89 bits per heavy atom. The largest absolute Gasteiger partial charge is 0.356 e. The molecular formula is C15H20N2O. The molecule has 18 heavy (non-hydrogen) atoms. The van der Waals surface area contributed by atoms with E-state index in [2.05, 4.69) is 16.8 Å². The molecule has 0 bridgehead atoms. The molecule has 3 rings (SSSR count). The van der Waals surface area contributed by atoms with E-state index in [-0.39, 0.29) is 0 Å². The standard InChI is InChI=1S/C15H20N2O/c1-11-6-14(10-18)7-16-15(11)17(8-12-2-3-12)9-13-4-5-13/h6-7,10,12-13H,2-5,8-9H2,1H3. The number of nitrogens with zero attached hydrogens (tertiary/aromatic N) is 2. The normalized spacial score (nSPS) is 18.7. The van der Waals surface area contributed by atoms with E-state index in [1.165, 1.54) is 25.7 Å². The first-order chi connectivity index (χ1) is 8.76. The van der Waals surface area contributed by atoms with Crippen LogP contribution in [0.15, 0.2) is 12.3 Å². The highest BCUT2D eigenvalue weighted by Gasteiger charge is 2.30. The molecule has 2 aliphatic carbocycles. The summed E-state index contributed by atoms with van der Waals surface area (Å²) in [6.07, 6.45) is 8.04. The molecule has 0 amide bonds. The Labute approximate surface area is 108 Å². The molecule has 3 nitrogen and oxygen atoms in total. The number of rotatable bonds is 6. The minimum Gasteiger partial charge on any atom is -0.356 e. The molecular weight excluding hydrogens is 224 g/mol. The summed E-state index contributed by atoms with van der Waals surface area (Å²) in [5, 5.41) is 0. The van der Waals surface area contributed by atoms with Crippen LogP contribution in [0.3, 0.4) is 0 Å². The third-order valence-electron chi connectivity index (χ3n) is 3.86. The molecule has 0 aromatic carbocycles. The smallest absolute Gasteiger partial charge is 0.151 e. The monoisotopic (exact) mass is 244 g/mol. The summed E-state index contributed by atoms with van der Waals surface area (Å²) in [6.45, 7) is 4.34. The van der Waals surface area contributed by atoms with Crippen LogP contribution in [0.4, 0.5) is 5.82 Å². The number of aryl methyl sites for hydroxylation is 1. The van der Waals surface area contributed by atoms with E-state index in [1.54, 1.807) is 6.20 Å². The molecule has 0 spiro atoms. The summed E-state index contributed by atoms with van der Waals surface area (Å²) in [6, 6.07) is 1.95. The zero-order valence-electron chi connectivity index (χ0n) is 10.9. The highest BCUT2D eigenvalue weighted by Crippen LogP contribution is 2.35. The minimum absolute atomic E-state index is 0.675. The third kappa shape index (κ3) is 2.71. The van der Waals surface area contributed by atoms with Gasteiger partial charge in [0.05, 0.1) is 0 Å². The Bertz CT molecular complexity index is 436. The van der Waals surface area contributed by atoms with Gasteiger partial charge in [0.15, 0.2) is 6.29 Å². The van der Waals surface area contributed by atoms with E-state index in [9.17, 15) is 4.79 Å². The molecule has 0 N–H and O–H groups in total. The van der Waals surface area contributed by atoms with E-state index >= 15 is 0 Å². The molecule has 96 valence electrons. The number of pyridine rings is 1. The first-order valence-electron chi connectivity index (χ1n) is 6.93. The fourth-order valence-corrected chi connectivity index (χ4v) is 2.46. The molecule has 3 heteroatoms. The second-order valence-corrected chi connectivity index (χ2v) is 5.82. The van der Waals surface area contributed by atoms with Gasteiger partial charge < -0.3 is 4.90 Å². The van der Waals surface area contributed by atoms with Gasteiger partial charge in [-0.05, 0) is 56.1 Å². The van der Waals surface area contributed by atoms with Gasteiger partial charge in [0.1, 0.15) is 5.82 Å². The number of hydrogen-bond donors (Lipinski definition) is 0. The first-order valence-corrected chi connectivity index (χ1v) is 6.93. The Morgan fingerprint density at radius 3 is 2.33 bits per heavy atom. The third-order valence-corrected chi connectivity index (χ3v) is 3.86. The molecule has 0 saturated heterocycles. The van der Waals surface area contributed by atoms with Gasteiger partial charge in [0.25, 0.3) is 0 Å². The van der Waals surface area contributed by atoms with Crippen molar-refractivity contribution in [2.75, 3.05) is 18.0 Å². The van der Waals surface area contributed by atoms with Gasteiger partial charge in [0, 0.05) is 24.8 Å². The van der Waals surface area contributed by atoms with Gasteiger partial charge >= 0.3 is 0 Å². The number of carbonyl (C=O) groups is 1. The van der Waals surface area contributed by atoms with Crippen molar-refractivity contribution < 1.29 is 4.79 Å². The number of aldehydes is 1. The second-order valence-electron chi connectivity index (χ2n) is 5.82. The van der Waals surface area contributed by atoms with Crippen molar-refractivity contribution in [2.45, 2.75) is 32.6 Å². The van der Waals surface area contributed by atoms with Crippen LogP contribution in [0.5, 0.6) is 0 Å². The summed E-state index contributed by atoms with van der Waals surface area (Å²) >= 11 is 0. The first kappa shape index (κ1) is 11.7.